The van der Waals surface area contributed by atoms with Gasteiger partial charge in [-0.2, -0.15) is 0 Å². The molecule has 152 valence electrons. The lowest BCUT2D eigenvalue weighted by molar-refractivity contribution is -0.133. The number of carbonyl (C=O) groups is 1. The molecule has 0 saturated carbocycles. The number of nitrogens with zero attached hydrogens (tertiary/aromatic N) is 4. The number of benzene rings is 1. The third kappa shape index (κ3) is 4.59. The summed E-state index contributed by atoms with van der Waals surface area (Å²) in [5.74, 6) is 1.04. The number of aromatic nitrogens is 2. The second-order valence-corrected chi connectivity index (χ2v) is 7.65. The van der Waals surface area contributed by atoms with Gasteiger partial charge < -0.3 is 14.0 Å². The minimum atomic E-state index is 0.169. The van der Waals surface area contributed by atoms with Crippen LogP contribution in [0.4, 0.5) is 0 Å². The number of ether oxygens (including phenoxy) is 1. The second-order valence-electron chi connectivity index (χ2n) is 7.65. The Labute approximate surface area is 171 Å². The SMILES string of the molecule is Cc1cccc(OCCC(=O)N2CCN(Cc3cn4ccccc4n3)CC2)c1C. The van der Waals surface area contributed by atoms with E-state index in [4.69, 9.17) is 4.74 Å². The van der Waals surface area contributed by atoms with Crippen molar-refractivity contribution >= 4 is 11.6 Å². The van der Waals surface area contributed by atoms with Gasteiger partial charge in [0.15, 0.2) is 0 Å². The highest BCUT2D eigenvalue weighted by Gasteiger charge is 2.21. The van der Waals surface area contributed by atoms with Crippen molar-refractivity contribution in [1.82, 2.24) is 19.2 Å². The molecule has 6 nitrogen and oxygen atoms in total. The fraction of sp³-hybridized carbons (Fsp3) is 0.391. The summed E-state index contributed by atoms with van der Waals surface area (Å²) in [6, 6.07) is 12.0. The van der Waals surface area contributed by atoms with E-state index in [0.29, 0.717) is 13.0 Å². The molecule has 3 aromatic rings. The van der Waals surface area contributed by atoms with Crippen LogP contribution in [0.25, 0.3) is 5.65 Å². The zero-order chi connectivity index (χ0) is 20.2. The van der Waals surface area contributed by atoms with Crippen molar-refractivity contribution in [2.75, 3.05) is 32.8 Å². The summed E-state index contributed by atoms with van der Waals surface area (Å²) < 4.78 is 7.89. The summed E-state index contributed by atoms with van der Waals surface area (Å²) in [5, 5.41) is 0. The first-order valence-corrected chi connectivity index (χ1v) is 10.2. The first-order chi connectivity index (χ1) is 14.1. The fourth-order valence-corrected chi connectivity index (χ4v) is 3.73. The molecule has 0 spiro atoms. The summed E-state index contributed by atoms with van der Waals surface area (Å²) in [7, 11) is 0. The molecule has 29 heavy (non-hydrogen) atoms. The first kappa shape index (κ1) is 19.5. The Balaban J connectivity index is 1.22. The molecule has 2 aromatic heterocycles. The number of fused-ring (bicyclic) bond motifs is 1. The monoisotopic (exact) mass is 392 g/mol. The standard InChI is InChI=1S/C23H28N4O2/c1-18-6-5-7-21(19(18)2)29-15-9-23(28)26-13-11-25(12-14-26)16-20-17-27-10-4-3-8-22(27)24-20/h3-8,10,17H,9,11-16H2,1-2H3. The smallest absolute Gasteiger partial charge is 0.226 e. The van der Waals surface area contributed by atoms with Crippen LogP contribution in [0.5, 0.6) is 5.75 Å². The zero-order valence-corrected chi connectivity index (χ0v) is 17.2. The second kappa shape index (κ2) is 8.66. The van der Waals surface area contributed by atoms with Crippen LogP contribution in [-0.4, -0.2) is 57.9 Å². The first-order valence-electron chi connectivity index (χ1n) is 10.2. The average molecular weight is 393 g/mol. The molecule has 1 aliphatic rings. The number of carbonyl (C=O) groups excluding carboxylic acids is 1. The molecule has 0 radical (unpaired) electrons. The molecule has 0 atom stereocenters. The van der Waals surface area contributed by atoms with E-state index in [-0.39, 0.29) is 5.91 Å². The quantitative estimate of drug-likeness (QED) is 0.647. The number of aryl methyl sites for hydroxylation is 1. The summed E-state index contributed by atoms with van der Waals surface area (Å²) in [5.41, 5.74) is 4.38. The van der Waals surface area contributed by atoms with E-state index in [1.54, 1.807) is 0 Å². The lowest BCUT2D eigenvalue weighted by atomic mass is 10.1. The van der Waals surface area contributed by atoms with Crippen LogP contribution in [-0.2, 0) is 11.3 Å². The summed E-state index contributed by atoms with van der Waals surface area (Å²) in [6.07, 6.45) is 4.51. The molecule has 0 N–H and O–H groups in total. The van der Waals surface area contributed by atoms with E-state index in [9.17, 15) is 4.79 Å². The van der Waals surface area contributed by atoms with Gasteiger partial charge >= 0.3 is 0 Å². The number of hydrogen-bond donors (Lipinski definition) is 0. The van der Waals surface area contributed by atoms with Gasteiger partial charge in [-0.05, 0) is 43.2 Å². The Morgan fingerprint density at radius 2 is 1.90 bits per heavy atom. The van der Waals surface area contributed by atoms with Gasteiger partial charge in [-0.15, -0.1) is 0 Å². The van der Waals surface area contributed by atoms with E-state index in [1.165, 1.54) is 5.56 Å². The van der Waals surface area contributed by atoms with Crippen LogP contribution in [0.1, 0.15) is 23.2 Å². The van der Waals surface area contributed by atoms with Crippen LogP contribution in [0.15, 0.2) is 48.8 Å². The number of hydrogen-bond acceptors (Lipinski definition) is 4. The van der Waals surface area contributed by atoms with Gasteiger partial charge in [-0.25, -0.2) is 4.98 Å². The topological polar surface area (TPSA) is 50.1 Å². The summed E-state index contributed by atoms with van der Waals surface area (Å²) in [6.45, 7) is 8.62. The number of amides is 1. The highest BCUT2D eigenvalue weighted by molar-refractivity contribution is 5.76. The highest BCUT2D eigenvalue weighted by atomic mass is 16.5. The van der Waals surface area contributed by atoms with Crippen molar-refractivity contribution in [3.8, 4) is 5.75 Å². The Bertz CT molecular complexity index is 956. The maximum Gasteiger partial charge on any atom is 0.226 e. The molecule has 0 unspecified atom stereocenters. The van der Waals surface area contributed by atoms with Gasteiger partial charge in [0.05, 0.1) is 18.7 Å². The number of rotatable bonds is 6. The van der Waals surface area contributed by atoms with Gasteiger partial charge in [-0.1, -0.05) is 18.2 Å². The predicted molar refractivity (Wildman–Crippen MR) is 113 cm³/mol. The number of pyridine rings is 1. The van der Waals surface area contributed by atoms with Gasteiger partial charge in [0, 0.05) is 45.1 Å². The van der Waals surface area contributed by atoms with Crippen LogP contribution < -0.4 is 4.74 Å². The lowest BCUT2D eigenvalue weighted by Crippen LogP contribution is -2.48. The molecule has 3 heterocycles. The normalized spacial score (nSPS) is 15.0. The van der Waals surface area contributed by atoms with Gasteiger partial charge in [0.2, 0.25) is 5.91 Å². The van der Waals surface area contributed by atoms with Gasteiger partial charge in [0.1, 0.15) is 11.4 Å². The number of imidazole rings is 1. The van der Waals surface area contributed by atoms with Crippen molar-refractivity contribution in [3.63, 3.8) is 0 Å². The zero-order valence-electron chi connectivity index (χ0n) is 17.2. The lowest BCUT2D eigenvalue weighted by Gasteiger charge is -2.34. The molecule has 0 bridgehead atoms. The highest BCUT2D eigenvalue weighted by Crippen LogP contribution is 2.20. The average Bonchev–Trinajstić information content (AvgIpc) is 3.14. The van der Waals surface area contributed by atoms with Crippen LogP contribution in [0.2, 0.25) is 0 Å². The maximum absolute atomic E-state index is 12.5. The number of piperazine rings is 1. The Morgan fingerprint density at radius 3 is 2.69 bits per heavy atom. The molecule has 1 aromatic carbocycles. The maximum atomic E-state index is 12.5. The van der Waals surface area contributed by atoms with E-state index >= 15 is 0 Å². The summed E-state index contributed by atoms with van der Waals surface area (Å²) in [4.78, 5) is 21.5. The Morgan fingerprint density at radius 1 is 1.07 bits per heavy atom. The van der Waals surface area contributed by atoms with E-state index in [2.05, 4.69) is 36.0 Å². The molecule has 1 saturated heterocycles. The van der Waals surface area contributed by atoms with Crippen LogP contribution in [0, 0.1) is 13.8 Å². The molecule has 1 amide bonds. The van der Waals surface area contributed by atoms with Crippen molar-refractivity contribution in [2.45, 2.75) is 26.8 Å². The molecule has 0 aliphatic carbocycles. The van der Waals surface area contributed by atoms with Crippen LogP contribution in [0.3, 0.4) is 0 Å². The third-order valence-corrected chi connectivity index (χ3v) is 5.65. The molecule has 6 heteroatoms. The largest absolute Gasteiger partial charge is 0.493 e. The minimum absolute atomic E-state index is 0.169. The minimum Gasteiger partial charge on any atom is -0.493 e. The van der Waals surface area contributed by atoms with E-state index in [0.717, 1.165) is 55.4 Å². The van der Waals surface area contributed by atoms with Crippen molar-refractivity contribution < 1.29 is 9.53 Å². The third-order valence-electron chi connectivity index (χ3n) is 5.65. The van der Waals surface area contributed by atoms with E-state index in [1.807, 2.05) is 45.8 Å². The fourth-order valence-electron chi connectivity index (χ4n) is 3.73. The van der Waals surface area contributed by atoms with Gasteiger partial charge in [-0.3, -0.25) is 9.69 Å². The molecular formula is C23H28N4O2. The Hall–Kier alpha value is -2.86. The molecule has 1 fully saturated rings. The van der Waals surface area contributed by atoms with Gasteiger partial charge in [0.25, 0.3) is 0 Å². The molecular weight excluding hydrogens is 364 g/mol. The van der Waals surface area contributed by atoms with Crippen molar-refractivity contribution in [2.24, 2.45) is 0 Å². The van der Waals surface area contributed by atoms with Crippen molar-refractivity contribution in [3.05, 3.63) is 65.6 Å². The summed E-state index contributed by atoms with van der Waals surface area (Å²) >= 11 is 0. The molecule has 4 rings (SSSR count). The predicted octanol–water partition coefficient (Wildman–Crippen LogP) is 3.06. The van der Waals surface area contributed by atoms with Crippen LogP contribution >= 0.6 is 0 Å². The Kier molecular flexibility index (Phi) is 5.81. The van der Waals surface area contributed by atoms with E-state index < -0.39 is 0 Å². The molecule has 1 aliphatic heterocycles. The van der Waals surface area contributed by atoms with Crippen molar-refractivity contribution in [1.29, 1.82) is 0 Å².